The molecule has 224 valence electrons. The lowest BCUT2D eigenvalue weighted by molar-refractivity contribution is -0.122. The molecule has 9 heteroatoms. The SMILES string of the molecule is COc1cc(/C=C2/C(=O)NC(=O)N(c3ccc(Cl)cc3)C2=O)ccc1OCCOc1ccc(C(C)(C)c2ccccc2)cc1. The number of barbiturate groups is 1. The first-order chi connectivity index (χ1) is 21.2. The molecule has 0 spiro atoms. The second-order valence-corrected chi connectivity index (χ2v) is 11.0. The molecule has 1 aliphatic heterocycles. The van der Waals surface area contributed by atoms with E-state index in [1.165, 1.54) is 36.4 Å². The molecule has 4 aromatic carbocycles. The van der Waals surface area contributed by atoms with Gasteiger partial charge in [-0.15, -0.1) is 0 Å². The number of methoxy groups -OCH3 is 1. The Morgan fingerprint density at radius 1 is 0.795 bits per heavy atom. The number of nitrogens with zero attached hydrogens (tertiary/aromatic N) is 1. The minimum absolute atomic E-state index is 0.136. The summed E-state index contributed by atoms with van der Waals surface area (Å²) in [6, 6.07) is 28.7. The second kappa shape index (κ2) is 13.1. The van der Waals surface area contributed by atoms with Crippen LogP contribution in [0.1, 0.15) is 30.5 Å². The molecule has 44 heavy (non-hydrogen) atoms. The molecule has 0 bridgehead atoms. The summed E-state index contributed by atoms with van der Waals surface area (Å²) < 4.78 is 17.3. The van der Waals surface area contributed by atoms with E-state index >= 15 is 0 Å². The van der Waals surface area contributed by atoms with Crippen LogP contribution in [0.3, 0.4) is 0 Å². The summed E-state index contributed by atoms with van der Waals surface area (Å²) in [7, 11) is 1.49. The van der Waals surface area contributed by atoms with Crippen LogP contribution in [0.5, 0.6) is 17.2 Å². The van der Waals surface area contributed by atoms with Crippen LogP contribution in [-0.2, 0) is 15.0 Å². The number of halogens is 1. The number of rotatable bonds is 10. The predicted octanol–water partition coefficient (Wildman–Crippen LogP) is 6.80. The minimum Gasteiger partial charge on any atom is -0.493 e. The Hall–Kier alpha value is -5.08. The van der Waals surface area contributed by atoms with E-state index in [0.29, 0.717) is 28.7 Å². The fourth-order valence-electron chi connectivity index (χ4n) is 4.84. The van der Waals surface area contributed by atoms with Gasteiger partial charge in [-0.1, -0.05) is 74.0 Å². The normalized spacial score (nSPS) is 14.4. The van der Waals surface area contributed by atoms with Crippen molar-refractivity contribution in [3.8, 4) is 17.2 Å². The van der Waals surface area contributed by atoms with Gasteiger partial charge in [0, 0.05) is 10.4 Å². The largest absolute Gasteiger partial charge is 0.493 e. The lowest BCUT2D eigenvalue weighted by Gasteiger charge is -2.26. The molecule has 4 aromatic rings. The molecule has 1 saturated heterocycles. The first kappa shape index (κ1) is 30.4. The number of hydrogen-bond acceptors (Lipinski definition) is 6. The highest BCUT2D eigenvalue weighted by atomic mass is 35.5. The van der Waals surface area contributed by atoms with Crippen LogP contribution in [0.15, 0.2) is 103 Å². The first-order valence-electron chi connectivity index (χ1n) is 13.9. The van der Waals surface area contributed by atoms with Crippen LogP contribution in [0.4, 0.5) is 10.5 Å². The van der Waals surface area contributed by atoms with Crippen LogP contribution in [0.25, 0.3) is 6.08 Å². The summed E-state index contributed by atoms with van der Waals surface area (Å²) in [6.07, 6.45) is 1.39. The van der Waals surface area contributed by atoms with E-state index in [4.69, 9.17) is 25.8 Å². The maximum atomic E-state index is 13.2. The number of carbonyl (C=O) groups is 3. The lowest BCUT2D eigenvalue weighted by atomic mass is 9.78. The molecule has 0 atom stereocenters. The Labute approximate surface area is 260 Å². The zero-order valence-electron chi connectivity index (χ0n) is 24.5. The summed E-state index contributed by atoms with van der Waals surface area (Å²) >= 11 is 5.93. The van der Waals surface area contributed by atoms with Gasteiger partial charge in [0.05, 0.1) is 12.8 Å². The predicted molar refractivity (Wildman–Crippen MR) is 169 cm³/mol. The van der Waals surface area contributed by atoms with Crippen molar-refractivity contribution in [3.63, 3.8) is 0 Å². The highest BCUT2D eigenvalue weighted by Crippen LogP contribution is 2.33. The Morgan fingerprint density at radius 3 is 2.14 bits per heavy atom. The third kappa shape index (κ3) is 6.61. The molecule has 5 rings (SSSR count). The quantitative estimate of drug-likeness (QED) is 0.121. The maximum Gasteiger partial charge on any atom is 0.335 e. The molecule has 1 heterocycles. The summed E-state index contributed by atoms with van der Waals surface area (Å²) in [6.45, 7) is 4.95. The van der Waals surface area contributed by atoms with E-state index in [2.05, 4.69) is 43.4 Å². The van der Waals surface area contributed by atoms with Crippen LogP contribution in [-0.4, -0.2) is 38.2 Å². The van der Waals surface area contributed by atoms with Gasteiger partial charge < -0.3 is 14.2 Å². The monoisotopic (exact) mass is 610 g/mol. The molecule has 0 aromatic heterocycles. The van der Waals surface area contributed by atoms with Gasteiger partial charge in [0.25, 0.3) is 11.8 Å². The number of carbonyl (C=O) groups excluding carboxylic acids is 3. The van der Waals surface area contributed by atoms with E-state index in [1.54, 1.807) is 30.3 Å². The summed E-state index contributed by atoms with van der Waals surface area (Å²) in [5.41, 5.74) is 2.87. The topological polar surface area (TPSA) is 94.2 Å². The fourth-order valence-corrected chi connectivity index (χ4v) is 4.97. The third-order valence-corrected chi connectivity index (χ3v) is 7.62. The van der Waals surface area contributed by atoms with E-state index in [1.807, 2.05) is 30.3 Å². The van der Waals surface area contributed by atoms with Gasteiger partial charge in [0.15, 0.2) is 11.5 Å². The zero-order chi connectivity index (χ0) is 31.3. The Morgan fingerprint density at radius 2 is 1.45 bits per heavy atom. The van der Waals surface area contributed by atoms with Gasteiger partial charge in [0.1, 0.15) is 24.5 Å². The Balaban J connectivity index is 1.21. The number of nitrogens with one attached hydrogen (secondary N) is 1. The average molecular weight is 611 g/mol. The molecule has 1 N–H and O–H groups in total. The highest BCUT2D eigenvalue weighted by molar-refractivity contribution is 6.39. The van der Waals surface area contributed by atoms with Crippen molar-refractivity contribution in [2.24, 2.45) is 0 Å². The van der Waals surface area contributed by atoms with Crippen molar-refractivity contribution in [2.75, 3.05) is 25.2 Å². The van der Waals surface area contributed by atoms with E-state index < -0.39 is 17.8 Å². The van der Waals surface area contributed by atoms with E-state index in [0.717, 1.165) is 10.6 Å². The van der Waals surface area contributed by atoms with Crippen LogP contribution in [0, 0.1) is 0 Å². The third-order valence-electron chi connectivity index (χ3n) is 7.37. The standard InChI is InChI=1S/C35H31ClN2O6/c1-35(2,24-7-5-4-6-8-24)25-10-16-28(17-11-25)43-19-20-44-30-18-9-23(22-31(30)42-3)21-29-32(39)37-34(41)38(33(29)40)27-14-12-26(36)13-15-27/h4-18,21-22H,19-20H2,1-3H3,(H,37,39,41)/b29-21-. The maximum absolute atomic E-state index is 13.2. The molecule has 0 aliphatic carbocycles. The van der Waals surface area contributed by atoms with E-state index in [-0.39, 0.29) is 23.3 Å². The second-order valence-electron chi connectivity index (χ2n) is 10.6. The smallest absolute Gasteiger partial charge is 0.335 e. The number of hydrogen-bond donors (Lipinski definition) is 1. The van der Waals surface area contributed by atoms with Crippen molar-refractivity contribution in [3.05, 3.63) is 124 Å². The van der Waals surface area contributed by atoms with Crippen molar-refractivity contribution in [1.82, 2.24) is 5.32 Å². The summed E-state index contributed by atoms with van der Waals surface area (Å²) in [4.78, 5) is 39.0. The van der Waals surface area contributed by atoms with Crippen molar-refractivity contribution >= 4 is 41.2 Å². The number of amides is 4. The molecule has 1 aliphatic rings. The Bertz CT molecular complexity index is 1700. The number of imide groups is 2. The molecule has 0 unspecified atom stereocenters. The summed E-state index contributed by atoms with van der Waals surface area (Å²) in [5, 5.41) is 2.65. The molecule has 4 amide bonds. The molecule has 0 radical (unpaired) electrons. The molecule has 0 saturated carbocycles. The number of benzene rings is 4. The molecule has 8 nitrogen and oxygen atoms in total. The molecular weight excluding hydrogens is 580 g/mol. The van der Waals surface area contributed by atoms with E-state index in [9.17, 15) is 14.4 Å². The van der Waals surface area contributed by atoms with Gasteiger partial charge in [-0.3, -0.25) is 14.9 Å². The van der Waals surface area contributed by atoms with Crippen molar-refractivity contribution in [1.29, 1.82) is 0 Å². The van der Waals surface area contributed by atoms with Crippen LogP contribution in [0.2, 0.25) is 5.02 Å². The minimum atomic E-state index is -0.838. The summed E-state index contributed by atoms with van der Waals surface area (Å²) in [5.74, 6) is 0.0564. The fraction of sp³-hybridized carbons (Fsp3) is 0.171. The van der Waals surface area contributed by atoms with Gasteiger partial charge >= 0.3 is 6.03 Å². The van der Waals surface area contributed by atoms with Gasteiger partial charge in [-0.05, 0) is 71.3 Å². The zero-order valence-corrected chi connectivity index (χ0v) is 25.3. The van der Waals surface area contributed by atoms with Crippen molar-refractivity contribution in [2.45, 2.75) is 19.3 Å². The highest BCUT2D eigenvalue weighted by Gasteiger charge is 2.36. The lowest BCUT2D eigenvalue weighted by Crippen LogP contribution is -2.54. The molecular formula is C35H31ClN2O6. The van der Waals surface area contributed by atoms with Crippen LogP contribution < -0.4 is 24.4 Å². The van der Waals surface area contributed by atoms with Gasteiger partial charge in [-0.2, -0.15) is 0 Å². The Kier molecular flexibility index (Phi) is 9.01. The number of anilines is 1. The number of urea groups is 1. The molecule has 1 fully saturated rings. The van der Waals surface area contributed by atoms with Gasteiger partial charge in [0.2, 0.25) is 0 Å². The first-order valence-corrected chi connectivity index (χ1v) is 14.3. The average Bonchev–Trinajstić information content (AvgIpc) is 3.03. The van der Waals surface area contributed by atoms with Crippen LogP contribution >= 0.6 is 11.6 Å². The number of ether oxygens (including phenoxy) is 3. The van der Waals surface area contributed by atoms with Gasteiger partial charge in [-0.25, -0.2) is 9.69 Å². The van der Waals surface area contributed by atoms with Crippen molar-refractivity contribution < 1.29 is 28.6 Å².